The summed E-state index contributed by atoms with van der Waals surface area (Å²) in [5.74, 6) is -1.38. The van der Waals surface area contributed by atoms with Gasteiger partial charge in [0.1, 0.15) is 19.3 Å². The van der Waals surface area contributed by atoms with Crippen LogP contribution in [-0.4, -0.2) is 96.7 Å². The number of hydrogen-bond donors (Lipinski definition) is 3. The number of unbranched alkanes of at least 4 members (excludes halogenated alkanes) is 49. The van der Waals surface area contributed by atoms with Gasteiger partial charge in [-0.25, -0.2) is 9.13 Å². The van der Waals surface area contributed by atoms with Crippen molar-refractivity contribution < 1.29 is 80.2 Å². The lowest BCUT2D eigenvalue weighted by Crippen LogP contribution is -2.30. The van der Waals surface area contributed by atoms with Crippen LogP contribution in [-0.2, 0) is 65.4 Å². The summed E-state index contributed by atoms with van der Waals surface area (Å²) in [6.45, 7) is 7.28. The summed E-state index contributed by atoms with van der Waals surface area (Å²) >= 11 is 0. The van der Waals surface area contributed by atoms with E-state index in [1.54, 1.807) is 0 Å². The van der Waals surface area contributed by atoms with E-state index in [1.807, 2.05) is 0 Å². The van der Waals surface area contributed by atoms with Gasteiger partial charge in [0, 0.05) is 25.7 Å². The van der Waals surface area contributed by atoms with Gasteiger partial charge in [-0.15, -0.1) is 0 Å². The normalized spacial score (nSPS) is 13.9. The van der Waals surface area contributed by atoms with Gasteiger partial charge in [-0.3, -0.25) is 37.3 Å². The van der Waals surface area contributed by atoms with Gasteiger partial charge in [0.2, 0.25) is 0 Å². The molecule has 0 fully saturated rings. The van der Waals surface area contributed by atoms with Crippen molar-refractivity contribution in [3.8, 4) is 0 Å². The average molecular weight is 1410 g/mol. The molecule has 5 atom stereocenters. The van der Waals surface area contributed by atoms with Crippen molar-refractivity contribution in [2.75, 3.05) is 39.6 Å². The van der Waals surface area contributed by atoms with E-state index >= 15 is 0 Å². The Bertz CT molecular complexity index is 1840. The lowest BCUT2D eigenvalue weighted by molar-refractivity contribution is -0.161. The fraction of sp³-hybridized carbons (Fsp3) is 0.948. The van der Waals surface area contributed by atoms with Crippen molar-refractivity contribution in [1.29, 1.82) is 0 Å². The summed E-state index contributed by atoms with van der Waals surface area (Å²) in [5, 5.41) is 10.6. The molecule has 17 nitrogen and oxygen atoms in total. The highest BCUT2D eigenvalue weighted by atomic mass is 31.2. The summed E-state index contributed by atoms with van der Waals surface area (Å²) in [4.78, 5) is 72.9. The van der Waals surface area contributed by atoms with Crippen molar-refractivity contribution in [2.45, 2.75) is 425 Å². The molecular formula is C77H150O17P2. The van der Waals surface area contributed by atoms with Gasteiger partial charge in [0.15, 0.2) is 12.2 Å². The maximum absolute atomic E-state index is 13.1. The molecule has 3 N–H and O–H groups in total. The Kier molecular flexibility index (Phi) is 68.7. The Morgan fingerprint density at radius 3 is 0.708 bits per heavy atom. The van der Waals surface area contributed by atoms with Crippen LogP contribution in [0.15, 0.2) is 0 Å². The van der Waals surface area contributed by atoms with Gasteiger partial charge in [0.25, 0.3) is 0 Å². The van der Waals surface area contributed by atoms with E-state index in [0.717, 1.165) is 95.8 Å². The molecule has 0 radical (unpaired) electrons. The lowest BCUT2D eigenvalue weighted by atomic mass is 10.0. The van der Waals surface area contributed by atoms with E-state index in [9.17, 15) is 43.2 Å². The Balaban J connectivity index is 5.25. The molecule has 96 heavy (non-hydrogen) atoms. The topological polar surface area (TPSA) is 237 Å². The minimum Gasteiger partial charge on any atom is -0.462 e. The molecule has 0 heterocycles. The molecule has 19 heteroatoms. The second-order valence-electron chi connectivity index (χ2n) is 28.2. The first-order valence-corrected chi connectivity index (χ1v) is 43.1. The van der Waals surface area contributed by atoms with Crippen molar-refractivity contribution in [3.05, 3.63) is 0 Å². The molecule has 0 aliphatic heterocycles. The fourth-order valence-corrected chi connectivity index (χ4v) is 13.5. The summed E-state index contributed by atoms with van der Waals surface area (Å²) < 4.78 is 68.6. The van der Waals surface area contributed by atoms with Crippen LogP contribution in [0.3, 0.4) is 0 Å². The van der Waals surface area contributed by atoms with E-state index in [2.05, 4.69) is 34.6 Å². The first-order chi connectivity index (χ1) is 46.5. The Morgan fingerprint density at radius 2 is 0.479 bits per heavy atom. The van der Waals surface area contributed by atoms with Crippen molar-refractivity contribution in [3.63, 3.8) is 0 Å². The van der Waals surface area contributed by atoms with Crippen LogP contribution >= 0.6 is 15.6 Å². The number of phosphoric ester groups is 2. The minimum absolute atomic E-state index is 0.107. The smallest absolute Gasteiger partial charge is 0.462 e. The van der Waals surface area contributed by atoms with E-state index in [1.165, 1.54) is 231 Å². The zero-order valence-electron chi connectivity index (χ0n) is 62.5. The third-order valence-corrected chi connectivity index (χ3v) is 19.9. The number of esters is 4. The van der Waals surface area contributed by atoms with Crippen LogP contribution in [0.2, 0.25) is 0 Å². The molecule has 0 rings (SSSR count). The van der Waals surface area contributed by atoms with Crippen LogP contribution in [0.25, 0.3) is 0 Å². The molecule has 0 spiro atoms. The second kappa shape index (κ2) is 70.1. The minimum atomic E-state index is -4.96. The monoisotopic (exact) mass is 1410 g/mol. The first-order valence-electron chi connectivity index (χ1n) is 40.1. The van der Waals surface area contributed by atoms with E-state index in [0.29, 0.717) is 25.7 Å². The summed E-state index contributed by atoms with van der Waals surface area (Å²) in [5.41, 5.74) is 0. The molecule has 2 unspecified atom stereocenters. The number of ether oxygens (including phenoxy) is 4. The van der Waals surface area contributed by atoms with Gasteiger partial charge >= 0.3 is 39.5 Å². The van der Waals surface area contributed by atoms with Gasteiger partial charge in [-0.1, -0.05) is 356 Å². The van der Waals surface area contributed by atoms with Gasteiger partial charge in [-0.2, -0.15) is 0 Å². The fourth-order valence-electron chi connectivity index (χ4n) is 11.9. The van der Waals surface area contributed by atoms with E-state index in [-0.39, 0.29) is 25.7 Å². The molecule has 0 saturated carbocycles. The summed E-state index contributed by atoms with van der Waals surface area (Å²) in [7, 11) is -9.91. The maximum atomic E-state index is 13.1. The highest BCUT2D eigenvalue weighted by Gasteiger charge is 2.30. The Morgan fingerprint density at radius 1 is 0.281 bits per heavy atom. The molecule has 0 aliphatic rings. The van der Waals surface area contributed by atoms with Crippen molar-refractivity contribution in [1.82, 2.24) is 0 Å². The van der Waals surface area contributed by atoms with Crippen LogP contribution < -0.4 is 0 Å². The van der Waals surface area contributed by atoms with Gasteiger partial charge in [-0.05, 0) is 31.6 Å². The highest BCUT2D eigenvalue weighted by molar-refractivity contribution is 7.47. The van der Waals surface area contributed by atoms with Gasteiger partial charge < -0.3 is 33.8 Å². The zero-order chi connectivity index (χ0) is 70.5. The number of aliphatic hydroxyl groups is 1. The Hall–Kier alpha value is -1.94. The van der Waals surface area contributed by atoms with Crippen molar-refractivity contribution >= 4 is 39.5 Å². The molecule has 0 aromatic carbocycles. The van der Waals surface area contributed by atoms with Gasteiger partial charge in [0.05, 0.1) is 26.4 Å². The quantitative estimate of drug-likeness (QED) is 0.0222. The van der Waals surface area contributed by atoms with Crippen LogP contribution in [0.4, 0.5) is 0 Å². The Labute approximate surface area is 588 Å². The third-order valence-electron chi connectivity index (χ3n) is 18.0. The highest BCUT2D eigenvalue weighted by Crippen LogP contribution is 2.45. The predicted octanol–water partition coefficient (Wildman–Crippen LogP) is 22.9. The standard InChI is InChI=1S/C77H150O17P2/c1-6-9-12-15-18-21-24-27-29-31-34-36-39-45-50-55-60-74(79)87-66-72(93-77(82)63-58-53-48-41-38-35-32-30-28-25-22-19-16-13-10-7-2)68-91-95(83,84)89-64-71(78)65-90-96(85,86)92-69-73(67-88-75(80)61-56-51-46-43-42-44-49-54-59-70(4)5)94-76(81)62-57-52-47-40-37-33-26-23-20-17-14-11-8-3/h70-73,78H,6-69H2,1-5H3,(H,83,84)(H,85,86)/t71-,72-,73-/m1/s1. The number of rotatable bonds is 77. The molecule has 0 aliphatic carbocycles. The molecule has 0 aromatic rings. The molecule has 0 bridgehead atoms. The van der Waals surface area contributed by atoms with E-state index < -0.39 is 97.5 Å². The third kappa shape index (κ3) is 70.5. The first kappa shape index (κ1) is 94.1. The summed E-state index contributed by atoms with van der Waals surface area (Å²) in [6, 6.07) is 0. The molecule has 570 valence electrons. The largest absolute Gasteiger partial charge is 0.472 e. The summed E-state index contributed by atoms with van der Waals surface area (Å²) in [6.07, 6.45) is 59.5. The number of hydrogen-bond acceptors (Lipinski definition) is 15. The SMILES string of the molecule is CCCCCCCCCCCCCCCCCCC(=O)OC[C@H](COP(=O)(O)OC[C@@H](O)COP(=O)(O)OC[C@@H](COC(=O)CCCCCCCCCCC(C)C)OC(=O)CCCCCCCCCCCCCCC)OC(=O)CCCCCCCCCCCCCCCCCC. The van der Waals surface area contributed by atoms with Crippen LogP contribution in [0, 0.1) is 5.92 Å². The lowest BCUT2D eigenvalue weighted by Gasteiger charge is -2.21. The second-order valence-corrected chi connectivity index (χ2v) is 31.1. The number of phosphoric acid groups is 2. The molecule has 0 aromatic heterocycles. The average Bonchev–Trinajstić information content (AvgIpc) is 1.16. The van der Waals surface area contributed by atoms with Crippen LogP contribution in [0.1, 0.15) is 407 Å². The van der Waals surface area contributed by atoms with Crippen LogP contribution in [0.5, 0.6) is 0 Å². The molecule has 0 amide bonds. The number of carbonyl (C=O) groups excluding carboxylic acids is 4. The van der Waals surface area contributed by atoms with Crippen molar-refractivity contribution in [2.24, 2.45) is 5.92 Å². The molecular weight excluding hydrogens is 1260 g/mol. The maximum Gasteiger partial charge on any atom is 0.472 e. The zero-order valence-corrected chi connectivity index (χ0v) is 64.3. The number of aliphatic hydroxyl groups excluding tert-OH is 1. The molecule has 0 saturated heterocycles. The van der Waals surface area contributed by atoms with E-state index in [4.69, 9.17) is 37.0 Å². The predicted molar refractivity (Wildman–Crippen MR) is 391 cm³/mol. The number of carbonyl (C=O) groups is 4.